The van der Waals surface area contributed by atoms with Gasteiger partial charge in [0.1, 0.15) is 0 Å². The van der Waals surface area contributed by atoms with Crippen LogP contribution in [0.15, 0.2) is 18.2 Å². The summed E-state index contributed by atoms with van der Waals surface area (Å²) in [5, 5.41) is 10.1. The molecule has 0 saturated heterocycles. The Hall–Kier alpha value is -1.23. The molecule has 1 unspecified atom stereocenters. The van der Waals surface area contributed by atoms with Gasteiger partial charge in [0.05, 0.1) is 11.2 Å². The molecule has 100 valence electrons. The Kier molecular flexibility index (Phi) is 2.85. The van der Waals surface area contributed by atoms with Crippen molar-refractivity contribution in [3.63, 3.8) is 0 Å². The SMILES string of the molecule is CN1CC(C(C)(C)O)c2cc(C(F)(F)F)ccc21. The Morgan fingerprint density at radius 2 is 1.89 bits per heavy atom. The topological polar surface area (TPSA) is 23.5 Å². The van der Waals surface area contributed by atoms with Crippen molar-refractivity contribution in [1.82, 2.24) is 0 Å². The highest BCUT2D eigenvalue weighted by Crippen LogP contribution is 2.43. The summed E-state index contributed by atoms with van der Waals surface area (Å²) in [6.07, 6.45) is -4.35. The van der Waals surface area contributed by atoms with Crippen LogP contribution in [-0.2, 0) is 6.18 Å². The molecule has 0 radical (unpaired) electrons. The van der Waals surface area contributed by atoms with Crippen LogP contribution in [0.4, 0.5) is 18.9 Å². The minimum absolute atomic E-state index is 0.306. The number of hydrogen-bond acceptors (Lipinski definition) is 2. The number of aliphatic hydroxyl groups is 1. The summed E-state index contributed by atoms with van der Waals surface area (Å²) >= 11 is 0. The van der Waals surface area contributed by atoms with Crippen molar-refractivity contribution < 1.29 is 18.3 Å². The summed E-state index contributed by atoms with van der Waals surface area (Å²) in [5.41, 5.74) is -0.371. The van der Waals surface area contributed by atoms with E-state index in [1.807, 2.05) is 11.9 Å². The molecule has 1 aliphatic heterocycles. The third kappa shape index (κ3) is 2.19. The molecule has 0 aliphatic carbocycles. The van der Waals surface area contributed by atoms with Crippen LogP contribution in [0.2, 0.25) is 0 Å². The molecule has 2 nitrogen and oxygen atoms in total. The molecule has 5 heteroatoms. The molecule has 0 spiro atoms. The Labute approximate surface area is 104 Å². The first-order valence-electron chi connectivity index (χ1n) is 5.75. The van der Waals surface area contributed by atoms with E-state index in [-0.39, 0.29) is 5.92 Å². The predicted octanol–water partition coefficient (Wildman–Crippen LogP) is 3.01. The predicted molar refractivity (Wildman–Crippen MR) is 63.8 cm³/mol. The van der Waals surface area contributed by atoms with Crippen molar-refractivity contribution in [3.05, 3.63) is 29.3 Å². The van der Waals surface area contributed by atoms with E-state index in [0.717, 1.165) is 17.8 Å². The Morgan fingerprint density at radius 1 is 1.28 bits per heavy atom. The zero-order valence-electron chi connectivity index (χ0n) is 10.5. The van der Waals surface area contributed by atoms with Crippen LogP contribution in [0, 0.1) is 0 Å². The van der Waals surface area contributed by atoms with Gasteiger partial charge in [-0.3, -0.25) is 0 Å². The molecule has 18 heavy (non-hydrogen) atoms. The van der Waals surface area contributed by atoms with Gasteiger partial charge in [0, 0.05) is 25.2 Å². The average Bonchev–Trinajstić information content (AvgIpc) is 2.54. The van der Waals surface area contributed by atoms with Gasteiger partial charge in [-0.05, 0) is 37.6 Å². The first-order valence-corrected chi connectivity index (χ1v) is 5.75. The van der Waals surface area contributed by atoms with Gasteiger partial charge in [-0.15, -0.1) is 0 Å². The van der Waals surface area contributed by atoms with E-state index in [1.54, 1.807) is 13.8 Å². The molecule has 0 amide bonds. The van der Waals surface area contributed by atoms with Crippen LogP contribution in [0.1, 0.15) is 30.9 Å². The number of anilines is 1. The number of rotatable bonds is 1. The zero-order valence-corrected chi connectivity index (χ0v) is 10.5. The Bertz CT molecular complexity index is 462. The molecular formula is C13H16F3NO. The molecule has 0 saturated carbocycles. The number of benzene rings is 1. The van der Waals surface area contributed by atoms with Gasteiger partial charge >= 0.3 is 6.18 Å². The molecule has 1 heterocycles. The second kappa shape index (κ2) is 3.88. The third-order valence-electron chi connectivity index (χ3n) is 3.45. The van der Waals surface area contributed by atoms with Gasteiger partial charge in [-0.25, -0.2) is 0 Å². The normalized spacial score (nSPS) is 20.2. The van der Waals surface area contributed by atoms with Gasteiger partial charge in [0.15, 0.2) is 0 Å². The Morgan fingerprint density at radius 3 is 2.39 bits per heavy atom. The van der Waals surface area contributed by atoms with Crippen molar-refractivity contribution in [3.8, 4) is 0 Å². The summed E-state index contributed by atoms with van der Waals surface area (Å²) in [5.74, 6) is -0.306. The van der Waals surface area contributed by atoms with Gasteiger partial charge < -0.3 is 10.0 Å². The summed E-state index contributed by atoms with van der Waals surface area (Å²) in [4.78, 5) is 1.87. The molecule has 1 N–H and O–H groups in total. The molecule has 0 bridgehead atoms. The van der Waals surface area contributed by atoms with Crippen molar-refractivity contribution in [2.24, 2.45) is 0 Å². The van der Waals surface area contributed by atoms with Crippen LogP contribution in [0.5, 0.6) is 0 Å². The molecule has 1 aliphatic rings. The lowest BCUT2D eigenvalue weighted by molar-refractivity contribution is -0.137. The maximum absolute atomic E-state index is 12.7. The first kappa shape index (κ1) is 13.2. The summed E-state index contributed by atoms with van der Waals surface area (Å²) < 4.78 is 38.1. The molecular weight excluding hydrogens is 243 g/mol. The maximum Gasteiger partial charge on any atom is 0.416 e. The average molecular weight is 259 g/mol. The fourth-order valence-corrected chi connectivity index (χ4v) is 2.43. The fourth-order valence-electron chi connectivity index (χ4n) is 2.43. The minimum Gasteiger partial charge on any atom is -0.390 e. The molecule has 0 fully saturated rings. The highest BCUT2D eigenvalue weighted by atomic mass is 19.4. The highest BCUT2D eigenvalue weighted by Gasteiger charge is 2.39. The number of halogens is 3. The molecule has 2 rings (SSSR count). The fraction of sp³-hybridized carbons (Fsp3) is 0.538. The Balaban J connectivity index is 2.51. The van der Waals surface area contributed by atoms with Gasteiger partial charge in [0.2, 0.25) is 0 Å². The van der Waals surface area contributed by atoms with Gasteiger partial charge in [-0.1, -0.05) is 0 Å². The molecule has 1 aromatic carbocycles. The largest absolute Gasteiger partial charge is 0.416 e. The maximum atomic E-state index is 12.7. The number of likely N-dealkylation sites (N-methyl/N-ethyl adjacent to an activating group) is 1. The lowest BCUT2D eigenvalue weighted by Crippen LogP contribution is -2.32. The van der Waals surface area contributed by atoms with Crippen LogP contribution in [-0.4, -0.2) is 24.3 Å². The second-order valence-corrected chi connectivity index (χ2v) is 5.36. The van der Waals surface area contributed by atoms with Gasteiger partial charge in [-0.2, -0.15) is 13.2 Å². The standard InChI is InChI=1S/C13H16F3NO/c1-12(2,18)10-7-17(3)11-5-4-8(6-9(10)11)13(14,15)16/h4-6,10,18H,7H2,1-3H3. The minimum atomic E-state index is -4.35. The number of alkyl halides is 3. The van der Waals surface area contributed by atoms with Crippen molar-refractivity contribution in [2.45, 2.75) is 31.5 Å². The van der Waals surface area contributed by atoms with E-state index < -0.39 is 17.3 Å². The summed E-state index contributed by atoms with van der Waals surface area (Å²) in [6.45, 7) is 3.78. The molecule has 1 atom stereocenters. The lowest BCUT2D eigenvalue weighted by atomic mass is 9.86. The van der Waals surface area contributed by atoms with E-state index in [9.17, 15) is 18.3 Å². The summed E-state index contributed by atoms with van der Waals surface area (Å²) in [7, 11) is 1.82. The van der Waals surface area contributed by atoms with Crippen molar-refractivity contribution in [2.75, 3.05) is 18.5 Å². The van der Waals surface area contributed by atoms with Crippen LogP contribution in [0.25, 0.3) is 0 Å². The smallest absolute Gasteiger partial charge is 0.390 e. The third-order valence-corrected chi connectivity index (χ3v) is 3.45. The summed E-state index contributed by atoms with van der Waals surface area (Å²) in [6, 6.07) is 3.72. The van der Waals surface area contributed by atoms with Crippen LogP contribution < -0.4 is 4.90 Å². The van der Waals surface area contributed by atoms with Crippen molar-refractivity contribution >= 4 is 5.69 Å². The van der Waals surface area contributed by atoms with E-state index >= 15 is 0 Å². The number of nitrogens with zero attached hydrogens (tertiary/aromatic N) is 1. The van der Waals surface area contributed by atoms with Crippen LogP contribution >= 0.6 is 0 Å². The van der Waals surface area contributed by atoms with Crippen molar-refractivity contribution in [1.29, 1.82) is 0 Å². The molecule has 0 aromatic heterocycles. The quantitative estimate of drug-likeness (QED) is 0.838. The second-order valence-electron chi connectivity index (χ2n) is 5.36. The van der Waals surface area contributed by atoms with Gasteiger partial charge in [0.25, 0.3) is 0 Å². The molecule has 1 aromatic rings. The van der Waals surface area contributed by atoms with E-state index in [2.05, 4.69) is 0 Å². The van der Waals surface area contributed by atoms with E-state index in [0.29, 0.717) is 12.1 Å². The van der Waals surface area contributed by atoms with Crippen LogP contribution in [0.3, 0.4) is 0 Å². The number of fused-ring (bicyclic) bond motifs is 1. The van der Waals surface area contributed by atoms with E-state index in [1.165, 1.54) is 6.07 Å². The zero-order chi connectivity index (χ0) is 13.7. The lowest BCUT2D eigenvalue weighted by Gasteiger charge is -2.26. The monoisotopic (exact) mass is 259 g/mol. The van der Waals surface area contributed by atoms with E-state index in [4.69, 9.17) is 0 Å². The highest BCUT2D eigenvalue weighted by molar-refractivity contribution is 5.61. The first-order chi connectivity index (χ1) is 8.10. The number of hydrogen-bond donors (Lipinski definition) is 1.